The van der Waals surface area contributed by atoms with Gasteiger partial charge in [-0.1, -0.05) is 23.9 Å². The molecular weight excluding hydrogens is 338 g/mol. The summed E-state index contributed by atoms with van der Waals surface area (Å²) in [6, 6.07) is 7.34. The number of hydrogen-bond acceptors (Lipinski definition) is 5. The van der Waals surface area contributed by atoms with Crippen LogP contribution in [0.4, 0.5) is 11.4 Å². The van der Waals surface area contributed by atoms with Gasteiger partial charge in [-0.2, -0.15) is 0 Å². The smallest absolute Gasteiger partial charge is 0.244 e. The fraction of sp³-hybridized carbons (Fsp3) is 0.412. The number of rotatable bonds is 4. The van der Waals surface area contributed by atoms with Crippen molar-refractivity contribution in [3.05, 3.63) is 30.1 Å². The summed E-state index contributed by atoms with van der Waals surface area (Å²) < 4.78 is 1.98. The normalized spacial score (nSPS) is 17.8. The average molecular weight is 357 g/mol. The fourth-order valence-corrected chi connectivity index (χ4v) is 3.87. The molecule has 0 radical (unpaired) electrons. The minimum absolute atomic E-state index is 0.0346. The van der Waals surface area contributed by atoms with Gasteiger partial charge in [-0.15, -0.1) is 10.2 Å². The molecule has 7 nitrogen and oxygen atoms in total. The zero-order chi connectivity index (χ0) is 17.6. The van der Waals surface area contributed by atoms with Gasteiger partial charge in [-0.3, -0.25) is 14.5 Å². The second-order valence-electron chi connectivity index (χ2n) is 6.42. The Morgan fingerprint density at radius 1 is 1.32 bits per heavy atom. The zero-order valence-corrected chi connectivity index (χ0v) is 14.9. The second kappa shape index (κ2) is 6.18. The molecule has 130 valence electrons. The number of hydrogen-bond donors (Lipinski definition) is 1. The highest BCUT2D eigenvalue weighted by Gasteiger charge is 2.32. The first kappa shape index (κ1) is 16.1. The van der Waals surface area contributed by atoms with Crippen molar-refractivity contribution in [2.24, 2.45) is 7.05 Å². The highest BCUT2D eigenvalue weighted by molar-refractivity contribution is 8.00. The van der Waals surface area contributed by atoms with Crippen molar-refractivity contribution < 1.29 is 9.59 Å². The Bertz CT molecular complexity index is 845. The molecule has 1 unspecified atom stereocenters. The van der Waals surface area contributed by atoms with E-state index in [1.165, 1.54) is 11.8 Å². The molecule has 1 N–H and O–H groups in total. The van der Waals surface area contributed by atoms with Gasteiger partial charge in [0.1, 0.15) is 12.4 Å². The zero-order valence-electron chi connectivity index (χ0n) is 14.1. The van der Waals surface area contributed by atoms with Crippen LogP contribution in [0.15, 0.2) is 29.4 Å². The van der Waals surface area contributed by atoms with Crippen molar-refractivity contribution in [1.29, 1.82) is 0 Å². The Labute approximate surface area is 149 Å². The van der Waals surface area contributed by atoms with Crippen LogP contribution in [-0.4, -0.2) is 38.4 Å². The topological polar surface area (TPSA) is 80.1 Å². The summed E-state index contributed by atoms with van der Waals surface area (Å²) in [4.78, 5) is 26.4. The van der Waals surface area contributed by atoms with Crippen molar-refractivity contribution >= 4 is 35.0 Å². The number of thioether (sulfide) groups is 1. The maximum absolute atomic E-state index is 12.9. The molecule has 1 atom stereocenters. The molecule has 25 heavy (non-hydrogen) atoms. The van der Waals surface area contributed by atoms with Crippen molar-refractivity contribution in [1.82, 2.24) is 14.8 Å². The third kappa shape index (κ3) is 3.02. The van der Waals surface area contributed by atoms with Crippen molar-refractivity contribution in [3.8, 4) is 0 Å². The molecule has 2 amide bonds. The largest absolute Gasteiger partial charge is 0.323 e. The van der Waals surface area contributed by atoms with E-state index in [-0.39, 0.29) is 23.6 Å². The molecule has 1 aromatic heterocycles. The van der Waals surface area contributed by atoms with Crippen molar-refractivity contribution in [2.75, 3.05) is 16.8 Å². The summed E-state index contributed by atoms with van der Waals surface area (Å²) in [6.07, 6.45) is 2.32. The third-order valence-corrected chi connectivity index (χ3v) is 5.60. The molecule has 1 aromatic carbocycles. The number of carbonyl (C=O) groups is 2. The number of fused-ring (bicyclic) bond motifs is 1. The van der Waals surface area contributed by atoms with Gasteiger partial charge in [0, 0.05) is 13.0 Å². The number of nitrogens with zero attached hydrogens (tertiary/aromatic N) is 4. The summed E-state index contributed by atoms with van der Waals surface area (Å²) in [6.45, 7) is 1.88. The van der Waals surface area contributed by atoms with Crippen molar-refractivity contribution in [3.63, 3.8) is 0 Å². The number of para-hydroxylation sites is 2. The van der Waals surface area contributed by atoms with Gasteiger partial charge >= 0.3 is 0 Å². The van der Waals surface area contributed by atoms with E-state index in [1.807, 2.05) is 36.7 Å². The molecule has 1 fully saturated rings. The van der Waals surface area contributed by atoms with E-state index in [4.69, 9.17) is 0 Å². The van der Waals surface area contributed by atoms with Gasteiger partial charge in [0.2, 0.25) is 11.8 Å². The molecule has 0 spiro atoms. The molecule has 0 bridgehead atoms. The lowest BCUT2D eigenvalue weighted by Gasteiger charge is -2.30. The predicted molar refractivity (Wildman–Crippen MR) is 95.7 cm³/mol. The number of benzene rings is 1. The first-order valence-electron chi connectivity index (χ1n) is 8.31. The van der Waals surface area contributed by atoms with Crippen LogP contribution >= 0.6 is 11.8 Å². The summed E-state index contributed by atoms with van der Waals surface area (Å²) in [7, 11) is 1.94. The lowest BCUT2D eigenvalue weighted by Crippen LogP contribution is -2.45. The second-order valence-corrected chi connectivity index (χ2v) is 7.73. The lowest BCUT2D eigenvalue weighted by molar-refractivity contribution is -0.121. The van der Waals surface area contributed by atoms with Gasteiger partial charge in [0.15, 0.2) is 5.16 Å². The average Bonchev–Trinajstić information content (AvgIpc) is 3.38. The molecule has 2 aromatic rings. The third-order valence-electron chi connectivity index (χ3n) is 4.48. The number of carbonyl (C=O) groups excluding carboxylic acids is 2. The minimum atomic E-state index is -0.367. The van der Waals surface area contributed by atoms with Crippen LogP contribution in [0, 0.1) is 0 Å². The minimum Gasteiger partial charge on any atom is -0.323 e. The summed E-state index contributed by atoms with van der Waals surface area (Å²) in [5.74, 6) is 1.21. The quantitative estimate of drug-likeness (QED) is 0.848. The monoisotopic (exact) mass is 357 g/mol. The summed E-state index contributed by atoms with van der Waals surface area (Å²) in [5, 5.41) is 11.6. The van der Waals surface area contributed by atoms with E-state index in [0.29, 0.717) is 11.6 Å². The molecule has 1 aliphatic heterocycles. The van der Waals surface area contributed by atoms with Crippen LogP contribution in [0.25, 0.3) is 0 Å². The Kier molecular flexibility index (Phi) is 3.99. The molecule has 0 saturated heterocycles. The first-order valence-corrected chi connectivity index (χ1v) is 9.18. The fourth-order valence-electron chi connectivity index (χ4n) is 2.98. The van der Waals surface area contributed by atoms with E-state index in [9.17, 15) is 9.59 Å². The highest BCUT2D eigenvalue weighted by Crippen LogP contribution is 2.40. The molecule has 8 heteroatoms. The Hall–Kier alpha value is -2.35. The van der Waals surface area contributed by atoms with E-state index >= 15 is 0 Å². The molecule has 2 heterocycles. The van der Waals surface area contributed by atoms with Gasteiger partial charge < -0.3 is 9.88 Å². The van der Waals surface area contributed by atoms with Crippen LogP contribution in [0.1, 0.15) is 31.5 Å². The van der Waals surface area contributed by atoms with Gasteiger partial charge in [-0.05, 0) is 31.9 Å². The van der Waals surface area contributed by atoms with E-state index in [2.05, 4.69) is 15.5 Å². The van der Waals surface area contributed by atoms with Crippen LogP contribution in [0.3, 0.4) is 0 Å². The number of anilines is 2. The Balaban J connectivity index is 1.53. The molecule has 4 rings (SSSR count). The van der Waals surface area contributed by atoms with Gasteiger partial charge in [-0.25, -0.2) is 0 Å². The molecular formula is C17H19N5O2S. The number of amides is 2. The van der Waals surface area contributed by atoms with Gasteiger partial charge in [0.05, 0.1) is 16.6 Å². The maximum Gasteiger partial charge on any atom is 0.244 e. The maximum atomic E-state index is 12.9. The highest BCUT2D eigenvalue weighted by atomic mass is 32.2. The van der Waals surface area contributed by atoms with E-state index in [0.717, 1.165) is 29.5 Å². The molecule has 2 aliphatic rings. The lowest BCUT2D eigenvalue weighted by atomic mass is 10.2. The van der Waals surface area contributed by atoms with Crippen LogP contribution in [0.5, 0.6) is 0 Å². The standard InChI is InChI=1S/C17H19N5O2S/c1-10(25-17-20-19-15(21(17)2)11-7-8-11)16(24)22-9-14(23)18-12-5-3-4-6-13(12)22/h3-6,10-11H,7-9H2,1-2H3,(H,18,23). The van der Waals surface area contributed by atoms with Crippen LogP contribution in [-0.2, 0) is 16.6 Å². The summed E-state index contributed by atoms with van der Waals surface area (Å²) in [5.41, 5.74) is 1.40. The molecule has 1 saturated carbocycles. The first-order chi connectivity index (χ1) is 12.0. The number of nitrogens with one attached hydrogen (secondary N) is 1. The Morgan fingerprint density at radius 3 is 2.84 bits per heavy atom. The SMILES string of the molecule is CC(Sc1nnc(C2CC2)n1C)C(=O)N1CC(=O)Nc2ccccc21. The predicted octanol–water partition coefficient (Wildman–Crippen LogP) is 2.16. The van der Waals surface area contributed by atoms with E-state index < -0.39 is 0 Å². The summed E-state index contributed by atoms with van der Waals surface area (Å²) >= 11 is 1.38. The Morgan fingerprint density at radius 2 is 2.08 bits per heavy atom. The van der Waals surface area contributed by atoms with Crippen molar-refractivity contribution in [2.45, 2.75) is 36.1 Å². The number of aromatic nitrogens is 3. The van der Waals surface area contributed by atoms with Crippen LogP contribution in [0.2, 0.25) is 0 Å². The van der Waals surface area contributed by atoms with Crippen LogP contribution < -0.4 is 10.2 Å². The van der Waals surface area contributed by atoms with Gasteiger partial charge in [0.25, 0.3) is 0 Å². The van der Waals surface area contributed by atoms with E-state index in [1.54, 1.807) is 11.0 Å². The molecule has 1 aliphatic carbocycles.